The summed E-state index contributed by atoms with van der Waals surface area (Å²) in [6, 6.07) is 11.3. The highest BCUT2D eigenvalue weighted by Crippen LogP contribution is 2.41. The third-order valence-electron chi connectivity index (χ3n) is 4.52. The number of amides is 1. The molecule has 1 fully saturated rings. The Balaban J connectivity index is 2.17. The number of benzene rings is 2. The molecule has 1 heterocycles. The molecule has 27 heavy (non-hydrogen) atoms. The predicted octanol–water partition coefficient (Wildman–Crippen LogP) is 3.52. The number of aliphatic hydroxyl groups excluding tert-OH is 1. The summed E-state index contributed by atoms with van der Waals surface area (Å²) >= 11 is 3.33. The molecule has 0 radical (unpaired) electrons. The van der Waals surface area contributed by atoms with Gasteiger partial charge in [-0.1, -0.05) is 34.1 Å². The van der Waals surface area contributed by atoms with Crippen LogP contribution in [-0.4, -0.2) is 43.0 Å². The number of ketones is 1. The van der Waals surface area contributed by atoms with E-state index in [-0.39, 0.29) is 11.3 Å². The van der Waals surface area contributed by atoms with Crippen molar-refractivity contribution in [1.29, 1.82) is 0 Å². The fourth-order valence-corrected chi connectivity index (χ4v) is 3.39. The number of nitrogens with zero attached hydrogens (tertiary/aromatic N) is 1. The van der Waals surface area contributed by atoms with E-state index in [1.807, 2.05) is 0 Å². The van der Waals surface area contributed by atoms with Crippen molar-refractivity contribution in [2.24, 2.45) is 0 Å². The van der Waals surface area contributed by atoms with Gasteiger partial charge in [0.1, 0.15) is 5.76 Å². The predicted molar refractivity (Wildman–Crippen MR) is 104 cm³/mol. The largest absolute Gasteiger partial charge is 0.507 e. The number of methoxy groups -OCH3 is 2. The molecule has 0 aromatic heterocycles. The Bertz CT molecular complexity index is 936. The SMILES string of the molecule is COc1ccc([C@H]2C(=C(O)c3ccc(Br)cc3)C(=O)C(=O)N2C)cc1OC. The monoisotopic (exact) mass is 431 g/mol. The van der Waals surface area contributed by atoms with E-state index in [9.17, 15) is 14.7 Å². The Hall–Kier alpha value is -2.80. The van der Waals surface area contributed by atoms with Gasteiger partial charge in [0.05, 0.1) is 25.8 Å². The minimum atomic E-state index is -0.728. The summed E-state index contributed by atoms with van der Waals surface area (Å²) in [6.07, 6.45) is 0. The molecule has 140 valence electrons. The lowest BCUT2D eigenvalue weighted by atomic mass is 9.95. The zero-order valence-electron chi connectivity index (χ0n) is 15.0. The molecular formula is C20H18BrNO5. The number of likely N-dealkylation sites (tertiary alicyclic amines) is 1. The summed E-state index contributed by atoms with van der Waals surface area (Å²) in [6.45, 7) is 0. The van der Waals surface area contributed by atoms with Crippen LogP contribution in [0.15, 0.2) is 52.5 Å². The summed E-state index contributed by atoms with van der Waals surface area (Å²) in [7, 11) is 4.56. The minimum Gasteiger partial charge on any atom is -0.507 e. The van der Waals surface area contributed by atoms with Crippen molar-refractivity contribution in [2.45, 2.75) is 6.04 Å². The van der Waals surface area contributed by atoms with Crippen molar-refractivity contribution < 1.29 is 24.2 Å². The van der Waals surface area contributed by atoms with E-state index in [0.717, 1.165) is 4.47 Å². The Morgan fingerprint density at radius 3 is 2.26 bits per heavy atom. The van der Waals surface area contributed by atoms with Crippen LogP contribution in [0.2, 0.25) is 0 Å². The van der Waals surface area contributed by atoms with Gasteiger partial charge in [0.25, 0.3) is 11.7 Å². The lowest BCUT2D eigenvalue weighted by molar-refractivity contribution is -0.139. The number of rotatable bonds is 4. The second-order valence-electron chi connectivity index (χ2n) is 6.03. The van der Waals surface area contributed by atoms with E-state index >= 15 is 0 Å². The van der Waals surface area contributed by atoms with Gasteiger partial charge >= 0.3 is 0 Å². The van der Waals surface area contributed by atoms with Crippen molar-refractivity contribution in [2.75, 3.05) is 21.3 Å². The van der Waals surface area contributed by atoms with Crippen LogP contribution in [0.3, 0.4) is 0 Å². The summed E-state index contributed by atoms with van der Waals surface area (Å²) < 4.78 is 11.4. The van der Waals surface area contributed by atoms with E-state index in [4.69, 9.17) is 9.47 Å². The normalized spacial score (nSPS) is 18.7. The van der Waals surface area contributed by atoms with Crippen LogP contribution in [0.5, 0.6) is 11.5 Å². The van der Waals surface area contributed by atoms with Gasteiger partial charge in [-0.25, -0.2) is 0 Å². The highest BCUT2D eigenvalue weighted by atomic mass is 79.9. The molecule has 6 nitrogen and oxygen atoms in total. The number of carbonyl (C=O) groups is 2. The number of halogens is 1. The quantitative estimate of drug-likeness (QED) is 0.455. The zero-order valence-corrected chi connectivity index (χ0v) is 16.6. The second kappa shape index (κ2) is 7.44. The Morgan fingerprint density at radius 1 is 1.04 bits per heavy atom. The summed E-state index contributed by atoms with van der Waals surface area (Å²) in [5.41, 5.74) is 1.13. The molecule has 1 amide bonds. The Labute approximate surface area is 165 Å². The van der Waals surface area contributed by atoms with Gasteiger partial charge in [-0.3, -0.25) is 9.59 Å². The topological polar surface area (TPSA) is 76.1 Å². The molecule has 3 rings (SSSR count). The van der Waals surface area contributed by atoms with Crippen LogP contribution in [0, 0.1) is 0 Å². The highest BCUT2D eigenvalue weighted by Gasteiger charge is 2.44. The standard InChI is InChI=1S/C20H18BrNO5/c1-22-17(12-6-9-14(26-2)15(10-12)27-3)16(19(24)20(22)25)18(23)11-4-7-13(21)8-5-11/h4-10,17,23H,1-3H3/t17-/m0/s1. The molecule has 1 N–H and O–H groups in total. The molecule has 0 unspecified atom stereocenters. The fraction of sp³-hybridized carbons (Fsp3) is 0.200. The first-order chi connectivity index (χ1) is 12.9. The van der Waals surface area contributed by atoms with Crippen LogP contribution in [0.1, 0.15) is 17.2 Å². The first-order valence-corrected chi connectivity index (χ1v) is 8.90. The maximum absolute atomic E-state index is 12.6. The third-order valence-corrected chi connectivity index (χ3v) is 5.04. The van der Waals surface area contributed by atoms with Gasteiger partial charge in [-0.2, -0.15) is 0 Å². The van der Waals surface area contributed by atoms with Gasteiger partial charge < -0.3 is 19.5 Å². The van der Waals surface area contributed by atoms with Gasteiger partial charge in [-0.15, -0.1) is 0 Å². The molecule has 1 aliphatic rings. The van der Waals surface area contributed by atoms with Crippen molar-refractivity contribution in [3.8, 4) is 11.5 Å². The number of carbonyl (C=O) groups excluding carboxylic acids is 2. The molecule has 1 saturated heterocycles. The Kier molecular flexibility index (Phi) is 5.23. The smallest absolute Gasteiger partial charge is 0.295 e. The van der Waals surface area contributed by atoms with E-state index < -0.39 is 17.7 Å². The highest BCUT2D eigenvalue weighted by molar-refractivity contribution is 9.10. The average molecular weight is 432 g/mol. The number of aliphatic hydroxyl groups is 1. The van der Waals surface area contributed by atoms with Gasteiger partial charge in [0.15, 0.2) is 11.5 Å². The van der Waals surface area contributed by atoms with E-state index in [1.165, 1.54) is 26.2 Å². The van der Waals surface area contributed by atoms with Crippen molar-refractivity contribution in [3.05, 3.63) is 63.6 Å². The number of Topliss-reactive ketones (excluding diaryl/α,β-unsaturated/α-hetero) is 1. The number of ether oxygens (including phenoxy) is 2. The number of hydrogen-bond acceptors (Lipinski definition) is 5. The first-order valence-electron chi connectivity index (χ1n) is 8.11. The molecule has 2 aromatic carbocycles. The summed E-state index contributed by atoms with van der Waals surface area (Å²) in [5.74, 6) is -0.615. The molecule has 0 spiro atoms. The molecule has 2 aromatic rings. The van der Waals surface area contributed by atoms with Crippen LogP contribution >= 0.6 is 15.9 Å². The van der Waals surface area contributed by atoms with Crippen molar-refractivity contribution >= 4 is 33.4 Å². The number of likely N-dealkylation sites (N-methyl/N-ethyl adjacent to an activating group) is 1. The number of hydrogen-bond donors (Lipinski definition) is 1. The lowest BCUT2D eigenvalue weighted by Gasteiger charge is -2.22. The molecule has 1 aliphatic heterocycles. The molecular weight excluding hydrogens is 414 g/mol. The molecule has 0 bridgehead atoms. The first kappa shape index (κ1) is 19.0. The van der Waals surface area contributed by atoms with Crippen LogP contribution < -0.4 is 9.47 Å². The van der Waals surface area contributed by atoms with Crippen molar-refractivity contribution in [3.63, 3.8) is 0 Å². The molecule has 0 saturated carbocycles. The van der Waals surface area contributed by atoms with Crippen LogP contribution in [-0.2, 0) is 9.59 Å². The summed E-state index contributed by atoms with van der Waals surface area (Å²) in [4.78, 5) is 26.2. The lowest BCUT2D eigenvalue weighted by Crippen LogP contribution is -2.24. The van der Waals surface area contributed by atoms with Gasteiger partial charge in [-0.05, 0) is 29.8 Å². The molecule has 7 heteroatoms. The second-order valence-corrected chi connectivity index (χ2v) is 6.95. The van der Waals surface area contributed by atoms with Crippen LogP contribution in [0.4, 0.5) is 0 Å². The van der Waals surface area contributed by atoms with Gasteiger partial charge in [0, 0.05) is 17.1 Å². The maximum Gasteiger partial charge on any atom is 0.295 e. The fourth-order valence-electron chi connectivity index (χ4n) is 3.12. The van der Waals surface area contributed by atoms with Crippen LogP contribution in [0.25, 0.3) is 5.76 Å². The minimum absolute atomic E-state index is 0.0389. The third kappa shape index (κ3) is 3.30. The van der Waals surface area contributed by atoms with E-state index in [0.29, 0.717) is 22.6 Å². The van der Waals surface area contributed by atoms with Gasteiger partial charge in [0.2, 0.25) is 0 Å². The summed E-state index contributed by atoms with van der Waals surface area (Å²) in [5, 5.41) is 10.8. The average Bonchev–Trinajstić information content (AvgIpc) is 2.91. The van der Waals surface area contributed by atoms with E-state index in [2.05, 4.69) is 15.9 Å². The molecule has 0 aliphatic carbocycles. The Morgan fingerprint density at radius 2 is 1.67 bits per heavy atom. The van der Waals surface area contributed by atoms with Crippen molar-refractivity contribution in [1.82, 2.24) is 4.90 Å². The zero-order chi connectivity index (χ0) is 19.7. The maximum atomic E-state index is 12.6. The van der Waals surface area contributed by atoms with E-state index in [1.54, 1.807) is 42.5 Å². The molecule has 1 atom stereocenters.